The summed E-state index contributed by atoms with van der Waals surface area (Å²) in [4.78, 5) is 28.5. The van der Waals surface area contributed by atoms with Crippen LogP contribution in [0.2, 0.25) is 5.02 Å². The summed E-state index contributed by atoms with van der Waals surface area (Å²) < 4.78 is 5.64. The van der Waals surface area contributed by atoms with E-state index in [1.54, 1.807) is 12.1 Å². The van der Waals surface area contributed by atoms with Gasteiger partial charge < -0.3 is 9.64 Å². The van der Waals surface area contributed by atoms with E-state index in [0.717, 1.165) is 31.2 Å². The summed E-state index contributed by atoms with van der Waals surface area (Å²) in [5.41, 5.74) is 0.777. The maximum absolute atomic E-state index is 13.7. The predicted octanol–water partition coefficient (Wildman–Crippen LogP) is 4.76. The maximum atomic E-state index is 13.7. The summed E-state index contributed by atoms with van der Waals surface area (Å²) in [6.07, 6.45) is 8.55. The molecule has 1 aromatic rings. The lowest BCUT2D eigenvalue weighted by Gasteiger charge is -2.56. The van der Waals surface area contributed by atoms with Gasteiger partial charge in [-0.1, -0.05) is 17.7 Å². The summed E-state index contributed by atoms with van der Waals surface area (Å²) in [6, 6.07) is 4.93. The van der Waals surface area contributed by atoms with Crippen LogP contribution < -0.4 is 4.74 Å². The molecular formula is C23H28ClNO3. The molecule has 1 saturated heterocycles. The fourth-order valence-electron chi connectivity index (χ4n) is 6.80. The topological polar surface area (TPSA) is 46.6 Å². The average Bonchev–Trinajstić information content (AvgIpc) is 3.12. The van der Waals surface area contributed by atoms with Gasteiger partial charge in [0, 0.05) is 6.54 Å². The average molecular weight is 402 g/mol. The molecular weight excluding hydrogens is 374 g/mol. The van der Waals surface area contributed by atoms with Gasteiger partial charge in [0.05, 0.1) is 10.4 Å². The largest absolute Gasteiger partial charge is 0.423 e. The molecule has 5 heteroatoms. The molecule has 1 unspecified atom stereocenters. The van der Waals surface area contributed by atoms with Crippen LogP contribution in [0.3, 0.4) is 0 Å². The number of hydrogen-bond donors (Lipinski definition) is 0. The van der Waals surface area contributed by atoms with Crippen molar-refractivity contribution < 1.29 is 14.3 Å². The van der Waals surface area contributed by atoms with Gasteiger partial charge in [-0.15, -0.1) is 0 Å². The molecule has 5 aliphatic rings. The molecule has 4 nitrogen and oxygen atoms in total. The number of esters is 1. The second kappa shape index (κ2) is 6.76. The van der Waals surface area contributed by atoms with Gasteiger partial charge in [-0.2, -0.15) is 0 Å². The van der Waals surface area contributed by atoms with Crippen molar-refractivity contribution in [2.45, 2.75) is 64.3 Å². The first-order valence-corrected chi connectivity index (χ1v) is 11.1. The minimum atomic E-state index is -0.475. The molecule has 28 heavy (non-hydrogen) atoms. The van der Waals surface area contributed by atoms with Crippen LogP contribution in [0, 0.1) is 30.1 Å². The van der Waals surface area contributed by atoms with Gasteiger partial charge >= 0.3 is 5.97 Å². The molecule has 1 amide bonds. The van der Waals surface area contributed by atoms with E-state index < -0.39 is 6.04 Å². The van der Waals surface area contributed by atoms with Gasteiger partial charge in [-0.3, -0.25) is 4.79 Å². The molecule has 6 rings (SSSR count). The Morgan fingerprint density at radius 1 is 1.11 bits per heavy atom. The standard InChI is InChI=1S/C23H28ClNO3/c1-14-4-5-18(24)20(7-14)28-21(26)19-3-2-6-25(19)22(27)23-11-15-8-16(12-23)10-17(9-15)13-23/h4-5,7,15-17,19H,2-3,6,8-13H2,1H3. The third-order valence-corrected chi connectivity index (χ3v) is 7.89. The number of nitrogens with zero attached hydrogens (tertiary/aromatic N) is 1. The molecule has 0 N–H and O–H groups in total. The van der Waals surface area contributed by atoms with Gasteiger partial charge in [-0.05, 0) is 93.7 Å². The number of aryl methyl sites for hydroxylation is 1. The van der Waals surface area contributed by atoms with Crippen LogP contribution in [0.1, 0.15) is 56.9 Å². The third-order valence-electron chi connectivity index (χ3n) is 7.57. The number of ether oxygens (including phenoxy) is 1. The quantitative estimate of drug-likeness (QED) is 0.541. The van der Waals surface area contributed by atoms with Crippen molar-refractivity contribution >= 4 is 23.5 Å². The Kier molecular flexibility index (Phi) is 4.46. The second-order valence-corrected chi connectivity index (χ2v) is 10.1. The number of likely N-dealkylation sites (tertiary alicyclic amines) is 1. The van der Waals surface area contributed by atoms with Crippen molar-refractivity contribution in [3.05, 3.63) is 28.8 Å². The molecule has 4 saturated carbocycles. The number of hydrogen-bond acceptors (Lipinski definition) is 3. The molecule has 0 aromatic heterocycles. The second-order valence-electron chi connectivity index (χ2n) is 9.71. The lowest BCUT2D eigenvalue weighted by atomic mass is 9.49. The van der Waals surface area contributed by atoms with Crippen molar-refractivity contribution in [2.75, 3.05) is 6.54 Å². The minimum Gasteiger partial charge on any atom is -0.423 e. The Labute approximate surface area is 171 Å². The summed E-state index contributed by atoms with van der Waals surface area (Å²) in [6.45, 7) is 2.61. The summed E-state index contributed by atoms with van der Waals surface area (Å²) >= 11 is 6.20. The Morgan fingerprint density at radius 2 is 1.75 bits per heavy atom. The highest BCUT2D eigenvalue weighted by atomic mass is 35.5. The van der Waals surface area contributed by atoms with Crippen molar-refractivity contribution in [1.29, 1.82) is 0 Å². The van der Waals surface area contributed by atoms with E-state index in [2.05, 4.69) is 0 Å². The minimum absolute atomic E-state index is 0.210. The fraction of sp³-hybridized carbons (Fsp3) is 0.652. The summed E-state index contributed by atoms with van der Waals surface area (Å²) in [7, 11) is 0. The number of carbonyl (C=O) groups excluding carboxylic acids is 2. The van der Waals surface area contributed by atoms with Crippen LogP contribution in [0.15, 0.2) is 18.2 Å². The van der Waals surface area contributed by atoms with Gasteiger partial charge in [-0.25, -0.2) is 4.79 Å². The first-order valence-electron chi connectivity index (χ1n) is 10.7. The van der Waals surface area contributed by atoms with E-state index in [4.69, 9.17) is 16.3 Å². The van der Waals surface area contributed by atoms with Crippen molar-refractivity contribution in [2.24, 2.45) is 23.2 Å². The number of amides is 1. The van der Waals surface area contributed by atoms with E-state index >= 15 is 0 Å². The molecule has 1 aliphatic heterocycles. The van der Waals surface area contributed by atoms with E-state index in [-0.39, 0.29) is 17.3 Å². The van der Waals surface area contributed by atoms with Gasteiger partial charge in [0.2, 0.25) is 5.91 Å². The van der Waals surface area contributed by atoms with Crippen LogP contribution in [0.5, 0.6) is 5.75 Å². The Balaban J connectivity index is 1.34. The summed E-state index contributed by atoms with van der Waals surface area (Å²) in [5, 5.41) is 0.427. The SMILES string of the molecule is Cc1ccc(Cl)c(OC(=O)C2CCCN2C(=O)C23CC4CC(CC(C4)C2)C3)c1. The van der Waals surface area contributed by atoms with Crippen LogP contribution in [-0.2, 0) is 9.59 Å². The highest BCUT2D eigenvalue weighted by molar-refractivity contribution is 6.32. The smallest absolute Gasteiger partial charge is 0.334 e. The van der Waals surface area contributed by atoms with Gasteiger partial charge in [0.1, 0.15) is 11.8 Å². The predicted molar refractivity (Wildman–Crippen MR) is 107 cm³/mol. The lowest BCUT2D eigenvalue weighted by Crippen LogP contribution is -2.56. The molecule has 1 aromatic carbocycles. The fourth-order valence-corrected chi connectivity index (χ4v) is 6.95. The maximum Gasteiger partial charge on any atom is 0.334 e. The zero-order valence-corrected chi connectivity index (χ0v) is 17.2. The molecule has 0 spiro atoms. The highest BCUT2D eigenvalue weighted by Gasteiger charge is 2.57. The van der Waals surface area contributed by atoms with Crippen LogP contribution in [0.25, 0.3) is 0 Å². The van der Waals surface area contributed by atoms with E-state index in [1.807, 2.05) is 17.9 Å². The first kappa shape index (κ1) is 18.5. The Hall–Kier alpha value is -1.55. The van der Waals surface area contributed by atoms with Crippen molar-refractivity contribution in [3.63, 3.8) is 0 Å². The van der Waals surface area contributed by atoms with Crippen LogP contribution >= 0.6 is 11.6 Å². The Morgan fingerprint density at radius 3 is 2.39 bits per heavy atom. The van der Waals surface area contributed by atoms with Gasteiger partial charge in [0.15, 0.2) is 0 Å². The van der Waals surface area contributed by atoms with E-state index in [1.165, 1.54) is 19.3 Å². The third kappa shape index (κ3) is 3.04. The molecule has 5 fully saturated rings. The number of benzene rings is 1. The molecule has 150 valence electrons. The van der Waals surface area contributed by atoms with E-state index in [9.17, 15) is 9.59 Å². The Bertz CT molecular complexity index is 785. The number of rotatable bonds is 3. The van der Waals surface area contributed by atoms with Crippen molar-refractivity contribution in [1.82, 2.24) is 4.90 Å². The molecule has 4 aliphatic carbocycles. The molecule has 4 bridgehead atoms. The van der Waals surface area contributed by atoms with Crippen molar-refractivity contribution in [3.8, 4) is 5.75 Å². The normalized spacial score (nSPS) is 36.0. The molecule has 1 atom stereocenters. The van der Waals surface area contributed by atoms with Crippen LogP contribution in [-0.4, -0.2) is 29.4 Å². The number of halogens is 1. The number of carbonyl (C=O) groups is 2. The zero-order valence-electron chi connectivity index (χ0n) is 16.5. The first-order chi connectivity index (χ1) is 13.4. The molecule has 0 radical (unpaired) electrons. The van der Waals surface area contributed by atoms with Gasteiger partial charge in [0.25, 0.3) is 0 Å². The zero-order chi connectivity index (χ0) is 19.5. The van der Waals surface area contributed by atoms with E-state index in [0.29, 0.717) is 41.5 Å². The van der Waals surface area contributed by atoms with Crippen LogP contribution in [0.4, 0.5) is 0 Å². The highest BCUT2D eigenvalue weighted by Crippen LogP contribution is 2.60. The molecule has 1 heterocycles. The monoisotopic (exact) mass is 401 g/mol. The lowest BCUT2D eigenvalue weighted by molar-refractivity contribution is -0.162. The summed E-state index contributed by atoms with van der Waals surface area (Å²) in [5.74, 6) is 2.42.